The molecule has 88 valence electrons. The minimum Gasteiger partial charge on any atom is -0.329 e. The van der Waals surface area contributed by atoms with Crippen LogP contribution in [0, 0.1) is 6.92 Å². The van der Waals surface area contributed by atoms with Crippen molar-refractivity contribution in [3.05, 3.63) is 47.8 Å². The number of aryl methyl sites for hydroxylation is 2. The Labute approximate surface area is 105 Å². The van der Waals surface area contributed by atoms with Crippen LogP contribution in [0.5, 0.6) is 0 Å². The molecule has 0 atom stereocenters. The van der Waals surface area contributed by atoms with E-state index in [0.29, 0.717) is 5.75 Å². The van der Waals surface area contributed by atoms with Gasteiger partial charge in [0.15, 0.2) is 10.9 Å². The molecule has 2 rings (SSSR count). The van der Waals surface area contributed by atoms with E-state index in [1.165, 1.54) is 11.8 Å². The Hall–Kier alpha value is -1.55. The second-order valence-electron chi connectivity index (χ2n) is 3.85. The summed E-state index contributed by atoms with van der Waals surface area (Å²) in [5, 5.41) is 0.868. The van der Waals surface area contributed by atoms with Crippen molar-refractivity contribution in [2.75, 3.05) is 5.75 Å². The van der Waals surface area contributed by atoms with Crippen LogP contribution in [-0.4, -0.2) is 21.1 Å². The number of Topliss-reactive ketones (excluding diaryl/α,β-unsaturated/α-hetero) is 1. The van der Waals surface area contributed by atoms with Crippen LogP contribution in [0.15, 0.2) is 41.8 Å². The van der Waals surface area contributed by atoms with Crippen molar-refractivity contribution in [2.24, 2.45) is 7.05 Å². The fourth-order valence-corrected chi connectivity index (χ4v) is 2.40. The molecule has 0 aliphatic carbocycles. The van der Waals surface area contributed by atoms with E-state index in [9.17, 15) is 4.79 Å². The van der Waals surface area contributed by atoms with Crippen LogP contribution in [0.3, 0.4) is 0 Å². The topological polar surface area (TPSA) is 34.9 Å². The van der Waals surface area contributed by atoms with Gasteiger partial charge in [-0.25, -0.2) is 4.98 Å². The number of nitrogens with zero attached hydrogens (tertiary/aromatic N) is 2. The van der Waals surface area contributed by atoms with Crippen molar-refractivity contribution in [2.45, 2.75) is 12.1 Å². The van der Waals surface area contributed by atoms with Crippen LogP contribution >= 0.6 is 11.8 Å². The molecule has 0 saturated carbocycles. The van der Waals surface area contributed by atoms with Crippen molar-refractivity contribution < 1.29 is 4.79 Å². The summed E-state index contributed by atoms with van der Waals surface area (Å²) in [5.74, 6) is 0.575. The monoisotopic (exact) mass is 246 g/mol. The molecule has 0 aliphatic rings. The molecule has 0 N–H and O–H groups in total. The Bertz CT molecular complexity index is 534. The number of hydrogen-bond donors (Lipinski definition) is 0. The number of carbonyl (C=O) groups is 1. The van der Waals surface area contributed by atoms with Gasteiger partial charge in [0.25, 0.3) is 0 Å². The van der Waals surface area contributed by atoms with Gasteiger partial charge in [-0.15, -0.1) is 0 Å². The molecule has 0 bridgehead atoms. The molecule has 2 aromatic rings. The fraction of sp³-hybridized carbons (Fsp3) is 0.231. The summed E-state index contributed by atoms with van der Waals surface area (Å²) in [5.41, 5.74) is 1.83. The molecule has 0 aliphatic heterocycles. The lowest BCUT2D eigenvalue weighted by Gasteiger charge is -2.04. The number of imidazole rings is 1. The number of carbonyl (C=O) groups excluding carboxylic acids is 1. The van der Waals surface area contributed by atoms with Crippen molar-refractivity contribution in [1.82, 2.24) is 9.55 Å². The van der Waals surface area contributed by atoms with Crippen LogP contribution in [-0.2, 0) is 7.05 Å². The lowest BCUT2D eigenvalue weighted by Crippen LogP contribution is -2.05. The summed E-state index contributed by atoms with van der Waals surface area (Å²) in [4.78, 5) is 16.2. The summed E-state index contributed by atoms with van der Waals surface area (Å²) >= 11 is 1.47. The molecular weight excluding hydrogens is 232 g/mol. The maximum atomic E-state index is 12.0. The molecule has 1 heterocycles. The Morgan fingerprint density at radius 3 is 2.82 bits per heavy atom. The number of ketones is 1. The lowest BCUT2D eigenvalue weighted by atomic mass is 10.1. The zero-order valence-corrected chi connectivity index (χ0v) is 10.7. The highest BCUT2D eigenvalue weighted by Gasteiger charge is 2.10. The largest absolute Gasteiger partial charge is 0.329 e. The summed E-state index contributed by atoms with van der Waals surface area (Å²) in [7, 11) is 1.92. The highest BCUT2D eigenvalue weighted by Crippen LogP contribution is 2.17. The zero-order chi connectivity index (χ0) is 12.3. The van der Waals surface area contributed by atoms with Gasteiger partial charge >= 0.3 is 0 Å². The standard InChI is InChI=1S/C13H14N2OS/c1-10-5-3-4-6-11(10)12(16)9-17-13-14-7-8-15(13)2/h3-8H,9H2,1-2H3. The first-order valence-corrected chi connectivity index (χ1v) is 6.36. The average molecular weight is 246 g/mol. The Morgan fingerprint density at radius 1 is 1.41 bits per heavy atom. The molecule has 4 heteroatoms. The first kappa shape index (κ1) is 11.9. The Kier molecular flexibility index (Phi) is 3.64. The molecule has 0 spiro atoms. The molecule has 0 saturated heterocycles. The first-order valence-electron chi connectivity index (χ1n) is 5.37. The second-order valence-corrected chi connectivity index (χ2v) is 4.79. The predicted octanol–water partition coefficient (Wildman–Crippen LogP) is 2.70. The summed E-state index contributed by atoms with van der Waals surface area (Å²) in [6.07, 6.45) is 3.61. The highest BCUT2D eigenvalue weighted by atomic mass is 32.2. The van der Waals surface area contributed by atoms with E-state index in [0.717, 1.165) is 16.3 Å². The minimum absolute atomic E-state index is 0.149. The van der Waals surface area contributed by atoms with Crippen LogP contribution in [0.25, 0.3) is 0 Å². The molecule has 0 amide bonds. The lowest BCUT2D eigenvalue weighted by molar-refractivity contribution is 0.102. The van der Waals surface area contributed by atoms with Gasteiger partial charge in [-0.2, -0.15) is 0 Å². The number of thioether (sulfide) groups is 1. The maximum Gasteiger partial charge on any atom is 0.173 e. The van der Waals surface area contributed by atoms with Crippen molar-refractivity contribution in [3.63, 3.8) is 0 Å². The van der Waals surface area contributed by atoms with Gasteiger partial charge in [0.2, 0.25) is 0 Å². The van der Waals surface area contributed by atoms with E-state index >= 15 is 0 Å². The van der Waals surface area contributed by atoms with Gasteiger partial charge in [-0.3, -0.25) is 4.79 Å². The van der Waals surface area contributed by atoms with E-state index in [4.69, 9.17) is 0 Å². The third-order valence-corrected chi connectivity index (χ3v) is 3.61. The minimum atomic E-state index is 0.149. The molecule has 17 heavy (non-hydrogen) atoms. The van der Waals surface area contributed by atoms with E-state index in [-0.39, 0.29) is 5.78 Å². The van der Waals surface area contributed by atoms with Gasteiger partial charge in [0, 0.05) is 25.0 Å². The van der Waals surface area contributed by atoms with E-state index in [2.05, 4.69) is 4.98 Å². The van der Waals surface area contributed by atoms with Crippen molar-refractivity contribution in [3.8, 4) is 0 Å². The second kappa shape index (κ2) is 5.19. The zero-order valence-electron chi connectivity index (χ0n) is 9.88. The predicted molar refractivity (Wildman–Crippen MR) is 69.4 cm³/mol. The van der Waals surface area contributed by atoms with Crippen LogP contribution in [0.2, 0.25) is 0 Å². The van der Waals surface area contributed by atoms with Gasteiger partial charge in [-0.1, -0.05) is 36.0 Å². The van der Waals surface area contributed by atoms with Gasteiger partial charge in [0.05, 0.1) is 5.75 Å². The van der Waals surface area contributed by atoms with Gasteiger partial charge in [0.1, 0.15) is 0 Å². The van der Waals surface area contributed by atoms with Gasteiger partial charge < -0.3 is 4.57 Å². The van der Waals surface area contributed by atoms with Crippen LogP contribution in [0.1, 0.15) is 15.9 Å². The Balaban J connectivity index is 2.04. The highest BCUT2D eigenvalue weighted by molar-refractivity contribution is 7.99. The van der Waals surface area contributed by atoms with Crippen molar-refractivity contribution in [1.29, 1.82) is 0 Å². The molecule has 1 aromatic carbocycles. The van der Waals surface area contributed by atoms with E-state index in [1.54, 1.807) is 6.20 Å². The van der Waals surface area contributed by atoms with Crippen molar-refractivity contribution >= 4 is 17.5 Å². The number of benzene rings is 1. The molecule has 3 nitrogen and oxygen atoms in total. The Morgan fingerprint density at radius 2 is 2.18 bits per heavy atom. The average Bonchev–Trinajstić information content (AvgIpc) is 2.72. The smallest absolute Gasteiger partial charge is 0.173 e. The molecular formula is C13H14N2OS. The summed E-state index contributed by atoms with van der Waals surface area (Å²) < 4.78 is 1.91. The van der Waals surface area contributed by atoms with Crippen LogP contribution in [0.4, 0.5) is 0 Å². The van der Waals surface area contributed by atoms with Crippen LogP contribution < -0.4 is 0 Å². The maximum absolute atomic E-state index is 12.0. The third-order valence-electron chi connectivity index (χ3n) is 2.55. The molecule has 0 radical (unpaired) electrons. The molecule has 0 fully saturated rings. The normalized spacial score (nSPS) is 10.5. The first-order chi connectivity index (χ1) is 8.18. The van der Waals surface area contributed by atoms with E-state index < -0.39 is 0 Å². The SMILES string of the molecule is Cc1ccccc1C(=O)CSc1nccn1C. The van der Waals surface area contributed by atoms with Gasteiger partial charge in [-0.05, 0) is 12.5 Å². The number of aromatic nitrogens is 2. The third kappa shape index (κ3) is 2.77. The fourth-order valence-electron chi connectivity index (χ4n) is 1.58. The van der Waals surface area contributed by atoms with E-state index in [1.807, 2.05) is 49.0 Å². The molecule has 0 unspecified atom stereocenters. The summed E-state index contributed by atoms with van der Waals surface area (Å²) in [6, 6.07) is 7.67. The number of rotatable bonds is 4. The number of hydrogen-bond acceptors (Lipinski definition) is 3. The molecule has 1 aromatic heterocycles. The summed E-state index contributed by atoms with van der Waals surface area (Å²) in [6.45, 7) is 1.96. The quantitative estimate of drug-likeness (QED) is 0.614.